The second-order valence-electron chi connectivity index (χ2n) is 10.6. The molecule has 0 aliphatic carbocycles. The van der Waals surface area contributed by atoms with E-state index in [0.717, 1.165) is 18.0 Å². The van der Waals surface area contributed by atoms with Crippen LogP contribution in [-0.4, -0.2) is 99.1 Å². The number of aromatic nitrogens is 2. The van der Waals surface area contributed by atoms with E-state index in [4.69, 9.17) is 10.5 Å². The molecule has 9 nitrogen and oxygen atoms in total. The quantitative estimate of drug-likeness (QED) is 0.284. The zero-order chi connectivity index (χ0) is 33.9. The van der Waals surface area contributed by atoms with Crippen LogP contribution < -0.4 is 15.8 Å². The van der Waals surface area contributed by atoms with Gasteiger partial charge in [-0.25, -0.2) is 9.97 Å². The van der Waals surface area contributed by atoms with Crippen LogP contribution in [0.3, 0.4) is 0 Å². The Kier molecular flexibility index (Phi) is 13.6. The lowest BCUT2D eigenvalue weighted by Crippen LogP contribution is -2.29. The Labute approximate surface area is 259 Å². The maximum Gasteiger partial charge on any atom is 0.416 e. The monoisotopic (exact) mass is 643 g/mol. The molecule has 0 radical (unpaired) electrons. The average molecular weight is 644 g/mol. The van der Waals surface area contributed by atoms with Gasteiger partial charge in [-0.15, -0.1) is 0 Å². The van der Waals surface area contributed by atoms with E-state index in [1.165, 1.54) is 20.4 Å². The first-order valence-corrected chi connectivity index (χ1v) is 13.8. The number of amides is 1. The van der Waals surface area contributed by atoms with E-state index in [0.29, 0.717) is 36.5 Å². The fraction of sp³-hybridized carbons (Fsp3) is 0.433. The number of ether oxygens (including phenoxy) is 1. The normalized spacial score (nSPS) is 11.7. The molecule has 0 fully saturated rings. The molecule has 1 amide bonds. The molecule has 0 saturated heterocycles. The highest BCUT2D eigenvalue weighted by Crippen LogP contribution is 2.37. The number of carbonyl (C=O) groups excluding carboxylic acids is 1. The lowest BCUT2D eigenvalue weighted by atomic mass is 10.0. The molecule has 0 spiro atoms. The molecule has 45 heavy (non-hydrogen) atoms. The summed E-state index contributed by atoms with van der Waals surface area (Å²) in [5.41, 5.74) is 2.58. The topological polar surface area (TPSA) is 99.8 Å². The number of rotatable bonds is 11. The van der Waals surface area contributed by atoms with Gasteiger partial charge in [0.2, 0.25) is 5.95 Å². The second-order valence-corrected chi connectivity index (χ2v) is 10.6. The Morgan fingerprint density at radius 1 is 0.889 bits per heavy atom. The first-order valence-electron chi connectivity index (χ1n) is 13.8. The average Bonchev–Trinajstić information content (AvgIpc) is 2.95. The van der Waals surface area contributed by atoms with Crippen molar-refractivity contribution in [2.24, 2.45) is 5.73 Å². The van der Waals surface area contributed by atoms with Gasteiger partial charge in [-0.2, -0.15) is 26.3 Å². The highest BCUT2D eigenvalue weighted by Gasteiger charge is 2.37. The van der Waals surface area contributed by atoms with Crippen molar-refractivity contribution in [1.29, 1.82) is 0 Å². The third kappa shape index (κ3) is 11.5. The maximum absolute atomic E-state index is 13.6. The number of para-hydroxylation sites is 1. The largest absolute Gasteiger partial charge is 0.496 e. The summed E-state index contributed by atoms with van der Waals surface area (Å²) in [5.74, 6) is -0.190. The van der Waals surface area contributed by atoms with Crippen LogP contribution in [-0.2, 0) is 18.9 Å². The van der Waals surface area contributed by atoms with Crippen LogP contribution in [0.4, 0.5) is 32.3 Å². The molecule has 0 aliphatic rings. The summed E-state index contributed by atoms with van der Waals surface area (Å²) in [5, 5.41) is 3.00. The van der Waals surface area contributed by atoms with Crippen molar-refractivity contribution in [1.82, 2.24) is 24.7 Å². The number of nitrogens with two attached hydrogens (primary N) is 1. The molecule has 0 unspecified atom stereocenters. The third-order valence-electron chi connectivity index (χ3n) is 6.22. The molecule has 3 aromatic rings. The van der Waals surface area contributed by atoms with Gasteiger partial charge in [-0.1, -0.05) is 18.2 Å². The minimum absolute atomic E-state index is 0.0429. The summed E-state index contributed by atoms with van der Waals surface area (Å²) >= 11 is 0. The minimum atomic E-state index is -5.00. The van der Waals surface area contributed by atoms with Gasteiger partial charge in [0.05, 0.1) is 18.2 Å². The maximum atomic E-state index is 13.6. The van der Waals surface area contributed by atoms with E-state index in [9.17, 15) is 31.1 Å². The number of likely N-dealkylation sites (N-methyl/N-ethyl adjacent to an activating group) is 2. The fourth-order valence-electron chi connectivity index (χ4n) is 3.98. The van der Waals surface area contributed by atoms with E-state index >= 15 is 0 Å². The number of nitrogens with zero attached hydrogens (tertiary/aromatic N) is 5. The summed E-state index contributed by atoms with van der Waals surface area (Å²) < 4.78 is 85.3. The van der Waals surface area contributed by atoms with Crippen LogP contribution in [0.5, 0.6) is 5.75 Å². The Morgan fingerprint density at radius 3 is 1.96 bits per heavy atom. The predicted octanol–water partition coefficient (Wildman–Crippen LogP) is 4.94. The number of alkyl halides is 6. The molecule has 3 rings (SSSR count). The summed E-state index contributed by atoms with van der Waals surface area (Å²) in [4.78, 5) is 27.2. The van der Waals surface area contributed by atoms with Gasteiger partial charge in [0.25, 0.3) is 5.91 Å². The number of hydrogen-bond acceptors (Lipinski definition) is 8. The first kappa shape index (κ1) is 37.2. The van der Waals surface area contributed by atoms with Gasteiger partial charge >= 0.3 is 12.4 Å². The zero-order valence-electron chi connectivity index (χ0n) is 26.1. The minimum Gasteiger partial charge on any atom is -0.496 e. The van der Waals surface area contributed by atoms with Crippen LogP contribution in [0.25, 0.3) is 11.1 Å². The molecule has 248 valence electrons. The van der Waals surface area contributed by atoms with E-state index in [1.54, 1.807) is 24.3 Å². The highest BCUT2D eigenvalue weighted by molar-refractivity contribution is 5.99. The van der Waals surface area contributed by atoms with Crippen molar-refractivity contribution in [2.75, 3.05) is 73.8 Å². The number of carbonyl (C=O) groups is 1. The standard InChI is InChI=1S/C26H27F6N5O2.C4H12N2/c1-36(2)10-9-33-24-34-14-20(19-7-5-6-8-21(19)39-4)22(35-24)23(38)37(3)15-16-11-17(25(27,28)29)13-18(12-16)26(30,31)32;1-6(2)4-3-5/h5-8,11-14H,9-10,15H2,1-4H3,(H,33,34,35);3-5H2,1-2H3. The van der Waals surface area contributed by atoms with Crippen molar-refractivity contribution in [2.45, 2.75) is 18.9 Å². The van der Waals surface area contributed by atoms with Crippen molar-refractivity contribution in [3.63, 3.8) is 0 Å². The van der Waals surface area contributed by atoms with Crippen LogP contribution in [0.2, 0.25) is 0 Å². The second kappa shape index (κ2) is 16.4. The van der Waals surface area contributed by atoms with Crippen LogP contribution in [0, 0.1) is 0 Å². The van der Waals surface area contributed by atoms with Crippen molar-refractivity contribution < 1.29 is 35.9 Å². The summed E-state index contributed by atoms with van der Waals surface area (Å²) in [7, 11) is 10.5. The SMILES string of the molecule is CN(C)CCN.COc1ccccc1-c1cnc(NCCN(C)C)nc1C(=O)N(C)Cc1cc(C(F)(F)F)cc(C(F)(F)F)c1. The molecule has 0 aliphatic heterocycles. The Balaban J connectivity index is 0.00000107. The van der Waals surface area contributed by atoms with Crippen molar-refractivity contribution >= 4 is 11.9 Å². The van der Waals surface area contributed by atoms with Crippen molar-refractivity contribution in [3.8, 4) is 16.9 Å². The van der Waals surface area contributed by atoms with E-state index in [1.807, 2.05) is 33.1 Å². The summed E-state index contributed by atoms with van der Waals surface area (Å²) in [6, 6.07) is 8.00. The lowest BCUT2D eigenvalue weighted by Gasteiger charge is -2.21. The zero-order valence-corrected chi connectivity index (χ0v) is 26.1. The Hall–Kier alpha value is -3.95. The highest BCUT2D eigenvalue weighted by atomic mass is 19.4. The first-order chi connectivity index (χ1) is 21.0. The lowest BCUT2D eigenvalue weighted by molar-refractivity contribution is -0.143. The van der Waals surface area contributed by atoms with Crippen LogP contribution in [0.15, 0.2) is 48.7 Å². The van der Waals surface area contributed by atoms with Gasteiger partial charge in [-0.05, 0) is 58.0 Å². The van der Waals surface area contributed by atoms with E-state index < -0.39 is 35.9 Å². The number of anilines is 1. The molecule has 1 aromatic heterocycles. The number of halogens is 6. The number of nitrogens with one attached hydrogen (secondary N) is 1. The molecule has 0 bridgehead atoms. The number of benzene rings is 2. The number of hydrogen-bond donors (Lipinski definition) is 2. The van der Waals surface area contributed by atoms with Gasteiger partial charge in [-0.3, -0.25) is 4.79 Å². The van der Waals surface area contributed by atoms with Gasteiger partial charge in [0, 0.05) is 57.1 Å². The van der Waals surface area contributed by atoms with Crippen molar-refractivity contribution in [3.05, 3.63) is 71.0 Å². The molecular formula is C30H39F6N7O2. The predicted molar refractivity (Wildman–Crippen MR) is 161 cm³/mol. The molecule has 0 saturated carbocycles. The smallest absolute Gasteiger partial charge is 0.416 e. The summed E-state index contributed by atoms with van der Waals surface area (Å²) in [6.45, 7) is 2.30. The van der Waals surface area contributed by atoms with Crippen LogP contribution >= 0.6 is 0 Å². The molecule has 2 aromatic carbocycles. The van der Waals surface area contributed by atoms with Gasteiger partial charge in [0.15, 0.2) is 0 Å². The summed E-state index contributed by atoms with van der Waals surface area (Å²) in [6.07, 6.45) is -8.60. The number of methoxy groups -OCH3 is 1. The van der Waals surface area contributed by atoms with E-state index in [-0.39, 0.29) is 28.8 Å². The van der Waals surface area contributed by atoms with E-state index in [2.05, 4.69) is 20.2 Å². The molecule has 15 heteroatoms. The van der Waals surface area contributed by atoms with Gasteiger partial charge < -0.3 is 30.5 Å². The third-order valence-corrected chi connectivity index (χ3v) is 6.22. The molecular weight excluding hydrogens is 604 g/mol. The molecule has 3 N–H and O–H groups in total. The molecule has 1 heterocycles. The Bertz CT molecular complexity index is 1370. The Morgan fingerprint density at radius 2 is 1.47 bits per heavy atom. The molecule has 0 atom stereocenters. The fourth-order valence-corrected chi connectivity index (χ4v) is 3.98. The van der Waals surface area contributed by atoms with Gasteiger partial charge in [0.1, 0.15) is 11.4 Å². The van der Waals surface area contributed by atoms with Crippen LogP contribution in [0.1, 0.15) is 27.2 Å².